The van der Waals surface area contributed by atoms with E-state index < -0.39 is 0 Å². The second-order valence-corrected chi connectivity index (χ2v) is 4.31. The summed E-state index contributed by atoms with van der Waals surface area (Å²) < 4.78 is 0. The summed E-state index contributed by atoms with van der Waals surface area (Å²) in [6, 6.07) is 11.0. The van der Waals surface area contributed by atoms with E-state index in [2.05, 4.69) is 4.98 Å². The van der Waals surface area contributed by atoms with E-state index in [1.54, 1.807) is 18.3 Å². The lowest BCUT2D eigenvalue weighted by Gasteiger charge is -2.04. The van der Waals surface area contributed by atoms with E-state index in [1.165, 1.54) is 0 Å². The van der Waals surface area contributed by atoms with Crippen molar-refractivity contribution in [1.82, 2.24) is 4.98 Å². The van der Waals surface area contributed by atoms with Crippen LogP contribution in [0.3, 0.4) is 0 Å². The van der Waals surface area contributed by atoms with Crippen LogP contribution in [0.5, 0.6) is 0 Å². The highest BCUT2D eigenvalue weighted by Gasteiger charge is 2.11. The molecule has 1 aromatic carbocycles. The van der Waals surface area contributed by atoms with Gasteiger partial charge in [0.2, 0.25) is 0 Å². The van der Waals surface area contributed by atoms with Crippen LogP contribution < -0.4 is 0 Å². The number of halogens is 1. The standard InChI is InChI=1S/C14H12ClNO/c1-10-5-6-12(13(15)8-10)14(17)9-11-4-2-3-7-16-11/h2-8H,9H2,1H3. The number of carbonyl (C=O) groups is 1. The Hall–Kier alpha value is -1.67. The van der Waals surface area contributed by atoms with Gasteiger partial charge in [-0.05, 0) is 36.8 Å². The predicted molar refractivity (Wildman–Crippen MR) is 68.5 cm³/mol. The quantitative estimate of drug-likeness (QED) is 0.775. The first-order chi connectivity index (χ1) is 8.16. The summed E-state index contributed by atoms with van der Waals surface area (Å²) in [6.07, 6.45) is 1.96. The largest absolute Gasteiger partial charge is 0.294 e. The number of ketones is 1. The van der Waals surface area contributed by atoms with E-state index in [1.807, 2.05) is 31.2 Å². The Morgan fingerprint density at radius 3 is 2.76 bits per heavy atom. The molecule has 0 radical (unpaired) electrons. The first-order valence-corrected chi connectivity index (χ1v) is 5.74. The summed E-state index contributed by atoms with van der Waals surface area (Å²) in [5.41, 5.74) is 2.36. The van der Waals surface area contributed by atoms with Crippen molar-refractivity contribution in [3.05, 3.63) is 64.4 Å². The first kappa shape index (κ1) is 11.8. The molecule has 3 heteroatoms. The van der Waals surface area contributed by atoms with Crippen molar-refractivity contribution in [2.24, 2.45) is 0 Å². The van der Waals surface area contributed by atoms with E-state index in [4.69, 9.17) is 11.6 Å². The zero-order valence-electron chi connectivity index (χ0n) is 9.48. The van der Waals surface area contributed by atoms with Crippen LogP contribution in [0.1, 0.15) is 21.6 Å². The second kappa shape index (κ2) is 5.11. The van der Waals surface area contributed by atoms with Gasteiger partial charge in [-0.25, -0.2) is 0 Å². The average Bonchev–Trinajstić information content (AvgIpc) is 2.30. The van der Waals surface area contributed by atoms with Gasteiger partial charge in [0.25, 0.3) is 0 Å². The third-order valence-corrected chi connectivity index (χ3v) is 2.81. The van der Waals surface area contributed by atoms with Crippen LogP contribution >= 0.6 is 11.6 Å². The molecular formula is C14H12ClNO. The molecule has 2 nitrogen and oxygen atoms in total. The Balaban J connectivity index is 2.21. The van der Waals surface area contributed by atoms with Crippen LogP contribution in [-0.2, 0) is 6.42 Å². The Labute approximate surface area is 105 Å². The number of carbonyl (C=O) groups excluding carboxylic acids is 1. The van der Waals surface area contributed by atoms with E-state index >= 15 is 0 Å². The van der Waals surface area contributed by atoms with Crippen LogP contribution in [0.2, 0.25) is 5.02 Å². The SMILES string of the molecule is Cc1ccc(C(=O)Cc2ccccn2)c(Cl)c1. The molecule has 0 N–H and O–H groups in total. The number of Topliss-reactive ketones (excluding diaryl/α,β-unsaturated/α-hetero) is 1. The maximum absolute atomic E-state index is 12.0. The van der Waals surface area contributed by atoms with Gasteiger partial charge in [0.15, 0.2) is 5.78 Å². The van der Waals surface area contributed by atoms with Crippen LogP contribution in [0.4, 0.5) is 0 Å². The lowest BCUT2D eigenvalue weighted by molar-refractivity contribution is 0.0992. The van der Waals surface area contributed by atoms with Crippen molar-refractivity contribution in [3.63, 3.8) is 0 Å². The number of rotatable bonds is 3. The molecule has 0 spiro atoms. The van der Waals surface area contributed by atoms with Crippen molar-refractivity contribution in [2.45, 2.75) is 13.3 Å². The topological polar surface area (TPSA) is 30.0 Å². The van der Waals surface area contributed by atoms with Crippen LogP contribution in [0, 0.1) is 6.92 Å². The van der Waals surface area contributed by atoms with Crippen molar-refractivity contribution >= 4 is 17.4 Å². The number of nitrogens with zero attached hydrogens (tertiary/aromatic N) is 1. The van der Waals surface area contributed by atoms with Gasteiger partial charge in [0.1, 0.15) is 0 Å². The summed E-state index contributed by atoms with van der Waals surface area (Å²) in [5.74, 6) is -0.00583. The maximum Gasteiger partial charge on any atom is 0.170 e. The average molecular weight is 246 g/mol. The van der Waals surface area contributed by atoms with Gasteiger partial charge in [-0.2, -0.15) is 0 Å². The van der Waals surface area contributed by atoms with E-state index in [-0.39, 0.29) is 12.2 Å². The zero-order chi connectivity index (χ0) is 12.3. The summed E-state index contributed by atoms with van der Waals surface area (Å²) in [4.78, 5) is 16.1. The molecule has 0 atom stereocenters. The monoisotopic (exact) mass is 245 g/mol. The molecule has 86 valence electrons. The van der Waals surface area contributed by atoms with Crippen molar-refractivity contribution in [1.29, 1.82) is 0 Å². The Morgan fingerprint density at radius 2 is 2.12 bits per heavy atom. The molecule has 0 amide bonds. The van der Waals surface area contributed by atoms with E-state index in [9.17, 15) is 4.79 Å². The Bertz CT molecular complexity index is 537. The molecular weight excluding hydrogens is 234 g/mol. The van der Waals surface area contributed by atoms with Gasteiger partial charge >= 0.3 is 0 Å². The Kier molecular flexibility index (Phi) is 3.55. The van der Waals surface area contributed by atoms with E-state index in [0.717, 1.165) is 11.3 Å². The predicted octanol–water partition coefficient (Wildman–Crippen LogP) is 3.47. The fourth-order valence-corrected chi connectivity index (χ4v) is 1.95. The number of hydrogen-bond donors (Lipinski definition) is 0. The number of aromatic nitrogens is 1. The normalized spacial score (nSPS) is 10.2. The highest BCUT2D eigenvalue weighted by Crippen LogP contribution is 2.19. The van der Waals surface area contributed by atoms with Gasteiger partial charge in [0, 0.05) is 17.5 Å². The lowest BCUT2D eigenvalue weighted by atomic mass is 10.0. The molecule has 0 saturated carbocycles. The minimum absolute atomic E-state index is 0.00583. The highest BCUT2D eigenvalue weighted by atomic mass is 35.5. The number of benzene rings is 1. The molecule has 2 aromatic rings. The van der Waals surface area contributed by atoms with Gasteiger partial charge in [-0.3, -0.25) is 9.78 Å². The minimum Gasteiger partial charge on any atom is -0.294 e. The number of aryl methyl sites for hydroxylation is 1. The summed E-state index contributed by atoms with van der Waals surface area (Å²) in [6.45, 7) is 1.94. The first-order valence-electron chi connectivity index (χ1n) is 5.36. The lowest BCUT2D eigenvalue weighted by Crippen LogP contribution is -2.05. The van der Waals surface area contributed by atoms with Crippen molar-refractivity contribution < 1.29 is 4.79 Å². The smallest absolute Gasteiger partial charge is 0.170 e. The van der Waals surface area contributed by atoms with Gasteiger partial charge in [0.05, 0.1) is 11.4 Å². The second-order valence-electron chi connectivity index (χ2n) is 3.90. The molecule has 0 aliphatic heterocycles. The minimum atomic E-state index is -0.00583. The van der Waals surface area contributed by atoms with Crippen LogP contribution in [0.25, 0.3) is 0 Å². The van der Waals surface area contributed by atoms with Gasteiger partial charge < -0.3 is 0 Å². The molecule has 2 rings (SSSR count). The fourth-order valence-electron chi connectivity index (χ4n) is 1.61. The molecule has 0 unspecified atom stereocenters. The molecule has 0 aliphatic carbocycles. The van der Waals surface area contributed by atoms with Crippen LogP contribution in [-0.4, -0.2) is 10.8 Å². The third kappa shape index (κ3) is 2.92. The van der Waals surface area contributed by atoms with Crippen molar-refractivity contribution in [2.75, 3.05) is 0 Å². The zero-order valence-corrected chi connectivity index (χ0v) is 10.2. The molecule has 1 aromatic heterocycles. The maximum atomic E-state index is 12.0. The summed E-state index contributed by atoms with van der Waals surface area (Å²) in [7, 11) is 0. The van der Waals surface area contributed by atoms with Crippen molar-refractivity contribution in [3.8, 4) is 0 Å². The molecule has 0 saturated heterocycles. The third-order valence-electron chi connectivity index (χ3n) is 2.49. The number of hydrogen-bond acceptors (Lipinski definition) is 2. The molecule has 0 aliphatic rings. The molecule has 17 heavy (non-hydrogen) atoms. The van der Waals surface area contributed by atoms with E-state index in [0.29, 0.717) is 10.6 Å². The number of pyridine rings is 1. The molecule has 0 fully saturated rings. The van der Waals surface area contributed by atoms with Crippen LogP contribution in [0.15, 0.2) is 42.6 Å². The van der Waals surface area contributed by atoms with Gasteiger partial charge in [-0.1, -0.05) is 23.7 Å². The highest BCUT2D eigenvalue weighted by molar-refractivity contribution is 6.34. The summed E-state index contributed by atoms with van der Waals surface area (Å²) in [5, 5.41) is 0.505. The molecule has 0 bridgehead atoms. The summed E-state index contributed by atoms with van der Waals surface area (Å²) >= 11 is 6.05. The Morgan fingerprint density at radius 1 is 1.29 bits per heavy atom. The fraction of sp³-hybridized carbons (Fsp3) is 0.143. The molecule has 1 heterocycles. The van der Waals surface area contributed by atoms with Gasteiger partial charge in [-0.15, -0.1) is 0 Å².